The highest BCUT2D eigenvalue weighted by atomic mass is 32.2. The molecule has 0 saturated heterocycles. The zero-order valence-electron chi connectivity index (χ0n) is 10.8. The van der Waals surface area contributed by atoms with Crippen LogP contribution in [0.2, 0.25) is 0 Å². The van der Waals surface area contributed by atoms with Crippen molar-refractivity contribution >= 4 is 23.5 Å². The van der Waals surface area contributed by atoms with Gasteiger partial charge in [-0.05, 0) is 31.2 Å². The van der Waals surface area contributed by atoms with Crippen molar-refractivity contribution in [2.24, 2.45) is 0 Å². The van der Waals surface area contributed by atoms with Crippen LogP contribution in [0.25, 0.3) is 0 Å². The van der Waals surface area contributed by atoms with Crippen molar-refractivity contribution in [2.75, 3.05) is 5.32 Å². The van der Waals surface area contributed by atoms with Crippen molar-refractivity contribution in [1.82, 2.24) is 25.4 Å². The number of nitrogens with zero attached hydrogens (tertiary/aromatic N) is 5. The van der Waals surface area contributed by atoms with Crippen molar-refractivity contribution in [1.29, 1.82) is 0 Å². The van der Waals surface area contributed by atoms with Crippen molar-refractivity contribution in [3.8, 4) is 0 Å². The molecule has 1 atom stereocenters. The fourth-order valence-electron chi connectivity index (χ4n) is 1.34. The van der Waals surface area contributed by atoms with Crippen LogP contribution < -0.4 is 5.32 Å². The van der Waals surface area contributed by atoms with E-state index in [1.165, 1.54) is 11.8 Å². The molecule has 0 fully saturated rings. The topological polar surface area (TPSA) is 98.7 Å². The number of rotatable bonds is 5. The van der Waals surface area contributed by atoms with Gasteiger partial charge in [0.05, 0.1) is 5.25 Å². The number of hydrogen-bond donors (Lipinski definition) is 1. The fraction of sp³-hybridized carbons (Fsp3) is 0.500. The average molecular weight is 282 g/mol. The molecule has 0 bridgehead atoms. The lowest BCUT2D eigenvalue weighted by Crippen LogP contribution is -2.23. The molecule has 0 aromatic carbocycles. The lowest BCUT2D eigenvalue weighted by atomic mass is 10.4. The van der Waals surface area contributed by atoms with Crippen molar-refractivity contribution in [3.63, 3.8) is 0 Å². The van der Waals surface area contributed by atoms with Crippen LogP contribution in [-0.2, 0) is 11.3 Å². The highest BCUT2D eigenvalue weighted by Gasteiger charge is 2.19. The van der Waals surface area contributed by atoms with Gasteiger partial charge in [-0.3, -0.25) is 4.79 Å². The predicted molar refractivity (Wildman–Crippen MR) is 68.7 cm³/mol. The second kappa shape index (κ2) is 5.83. The Bertz CT molecular complexity index is 566. The van der Waals surface area contributed by atoms with Gasteiger partial charge in [-0.25, -0.2) is 4.68 Å². The molecule has 0 aliphatic rings. The fourth-order valence-corrected chi connectivity index (χ4v) is 2.20. The number of aromatic nitrogens is 5. The number of aryl methyl sites for hydroxylation is 2. The van der Waals surface area contributed by atoms with E-state index in [0.29, 0.717) is 23.3 Å². The lowest BCUT2D eigenvalue weighted by Gasteiger charge is -2.09. The number of tetrazole rings is 1. The van der Waals surface area contributed by atoms with Gasteiger partial charge in [-0.1, -0.05) is 16.9 Å². The van der Waals surface area contributed by atoms with E-state index < -0.39 is 0 Å². The van der Waals surface area contributed by atoms with Crippen LogP contribution in [0.4, 0.5) is 5.82 Å². The molecule has 0 saturated carbocycles. The first-order chi connectivity index (χ1) is 9.10. The summed E-state index contributed by atoms with van der Waals surface area (Å²) in [6, 6.07) is 1.66. The van der Waals surface area contributed by atoms with E-state index >= 15 is 0 Å². The number of carbonyl (C=O) groups excluding carboxylic acids is 1. The Morgan fingerprint density at radius 3 is 3.05 bits per heavy atom. The van der Waals surface area contributed by atoms with Crippen molar-refractivity contribution in [3.05, 3.63) is 11.8 Å². The zero-order chi connectivity index (χ0) is 13.8. The first-order valence-corrected chi connectivity index (χ1v) is 6.65. The standard InChI is InChI=1S/C10H14N6O2S/c1-4-16-10(12-14-15-16)19-7(3)9(17)11-8-5-6(2)18-13-8/h5,7H,4H2,1-3H3,(H,11,13,17). The molecule has 102 valence electrons. The van der Waals surface area contributed by atoms with Gasteiger partial charge in [0.2, 0.25) is 11.1 Å². The SMILES string of the molecule is CCn1nnnc1SC(C)C(=O)Nc1cc(C)on1. The van der Waals surface area contributed by atoms with Gasteiger partial charge in [0, 0.05) is 12.6 Å². The Morgan fingerprint density at radius 2 is 2.42 bits per heavy atom. The highest BCUT2D eigenvalue weighted by molar-refractivity contribution is 8.00. The van der Waals surface area contributed by atoms with Crippen molar-refractivity contribution < 1.29 is 9.32 Å². The van der Waals surface area contributed by atoms with Crippen LogP contribution in [-0.4, -0.2) is 36.5 Å². The summed E-state index contributed by atoms with van der Waals surface area (Å²) in [5, 5.41) is 17.9. The van der Waals surface area contributed by atoms with Gasteiger partial charge in [0.25, 0.3) is 0 Å². The summed E-state index contributed by atoms with van der Waals surface area (Å²) in [6.07, 6.45) is 0. The Hall–Kier alpha value is -1.90. The molecule has 0 spiro atoms. The van der Waals surface area contributed by atoms with Crippen LogP contribution in [0.15, 0.2) is 15.7 Å². The van der Waals surface area contributed by atoms with Gasteiger partial charge < -0.3 is 9.84 Å². The molecule has 9 heteroatoms. The minimum absolute atomic E-state index is 0.177. The summed E-state index contributed by atoms with van der Waals surface area (Å²) in [4.78, 5) is 12.0. The van der Waals surface area contributed by atoms with E-state index in [4.69, 9.17) is 4.52 Å². The van der Waals surface area contributed by atoms with E-state index in [9.17, 15) is 4.79 Å². The number of thioether (sulfide) groups is 1. The maximum absolute atomic E-state index is 12.0. The Balaban J connectivity index is 1.96. The number of nitrogens with one attached hydrogen (secondary N) is 1. The average Bonchev–Trinajstić information content (AvgIpc) is 2.98. The van der Waals surface area contributed by atoms with E-state index in [2.05, 4.69) is 26.0 Å². The number of amides is 1. The van der Waals surface area contributed by atoms with Gasteiger partial charge in [-0.15, -0.1) is 5.10 Å². The number of anilines is 1. The van der Waals surface area contributed by atoms with Gasteiger partial charge >= 0.3 is 0 Å². The van der Waals surface area contributed by atoms with Gasteiger partial charge in [-0.2, -0.15) is 0 Å². The molecular formula is C10H14N6O2S. The normalized spacial score (nSPS) is 12.4. The Labute approximate surface area is 113 Å². The van der Waals surface area contributed by atoms with E-state index in [-0.39, 0.29) is 11.2 Å². The molecule has 1 unspecified atom stereocenters. The first kappa shape index (κ1) is 13.5. The summed E-state index contributed by atoms with van der Waals surface area (Å²) in [5.41, 5.74) is 0. The summed E-state index contributed by atoms with van der Waals surface area (Å²) in [5.74, 6) is 0.875. The van der Waals surface area contributed by atoms with Crippen LogP contribution in [0.1, 0.15) is 19.6 Å². The minimum Gasteiger partial charge on any atom is -0.360 e. The number of hydrogen-bond acceptors (Lipinski definition) is 7. The van der Waals surface area contributed by atoms with Crippen LogP contribution in [0.3, 0.4) is 0 Å². The molecule has 19 heavy (non-hydrogen) atoms. The molecule has 1 amide bonds. The molecule has 2 heterocycles. The van der Waals surface area contributed by atoms with E-state index in [1.54, 1.807) is 24.6 Å². The Kier molecular flexibility index (Phi) is 4.15. The highest BCUT2D eigenvalue weighted by Crippen LogP contribution is 2.21. The third kappa shape index (κ3) is 3.31. The maximum atomic E-state index is 12.0. The lowest BCUT2D eigenvalue weighted by molar-refractivity contribution is -0.115. The number of carbonyl (C=O) groups is 1. The molecule has 8 nitrogen and oxygen atoms in total. The summed E-state index contributed by atoms with van der Waals surface area (Å²) >= 11 is 1.29. The molecule has 0 aliphatic carbocycles. The van der Waals surface area contributed by atoms with Gasteiger partial charge in [0.1, 0.15) is 5.76 Å². The maximum Gasteiger partial charge on any atom is 0.238 e. The zero-order valence-corrected chi connectivity index (χ0v) is 11.6. The minimum atomic E-state index is -0.340. The molecular weight excluding hydrogens is 268 g/mol. The molecule has 2 aromatic rings. The molecule has 1 N–H and O–H groups in total. The third-order valence-corrected chi connectivity index (χ3v) is 3.40. The quantitative estimate of drug-likeness (QED) is 0.820. The predicted octanol–water partition coefficient (Wildman–Crippen LogP) is 1.11. The summed E-state index contributed by atoms with van der Waals surface area (Å²) in [6.45, 7) is 6.13. The van der Waals surface area contributed by atoms with E-state index in [1.807, 2.05) is 6.92 Å². The second-order valence-corrected chi connectivity index (χ2v) is 5.16. The Morgan fingerprint density at radius 1 is 1.63 bits per heavy atom. The molecule has 2 aromatic heterocycles. The van der Waals surface area contributed by atoms with Crippen molar-refractivity contribution in [2.45, 2.75) is 37.7 Å². The van der Waals surface area contributed by atoms with Crippen LogP contribution in [0, 0.1) is 6.92 Å². The monoisotopic (exact) mass is 282 g/mol. The third-order valence-electron chi connectivity index (χ3n) is 2.33. The molecule has 0 radical (unpaired) electrons. The smallest absolute Gasteiger partial charge is 0.238 e. The van der Waals surface area contributed by atoms with Gasteiger partial charge in [0.15, 0.2) is 5.82 Å². The van der Waals surface area contributed by atoms with Crippen LogP contribution >= 0.6 is 11.8 Å². The second-order valence-electron chi connectivity index (χ2n) is 3.85. The first-order valence-electron chi connectivity index (χ1n) is 5.77. The van der Waals surface area contributed by atoms with Crippen LogP contribution in [0.5, 0.6) is 0 Å². The summed E-state index contributed by atoms with van der Waals surface area (Å²) in [7, 11) is 0. The largest absolute Gasteiger partial charge is 0.360 e. The summed E-state index contributed by atoms with van der Waals surface area (Å²) < 4.78 is 6.51. The van der Waals surface area contributed by atoms with E-state index in [0.717, 1.165) is 0 Å². The molecule has 2 rings (SSSR count). The molecule has 0 aliphatic heterocycles.